The maximum atomic E-state index is 12.4. The van der Waals surface area contributed by atoms with E-state index in [9.17, 15) is 9.59 Å². The molecule has 0 aliphatic heterocycles. The van der Waals surface area contributed by atoms with Gasteiger partial charge >= 0.3 is 12.0 Å². The minimum absolute atomic E-state index is 0.00898. The molecule has 1 aromatic carbocycles. The molecule has 2 atom stereocenters. The molecular formula is C19H26N4O3. The largest absolute Gasteiger partial charge is 0.481 e. The van der Waals surface area contributed by atoms with Gasteiger partial charge in [0.2, 0.25) is 0 Å². The molecule has 2 amide bonds. The monoisotopic (exact) mass is 358 g/mol. The topological polar surface area (TPSA) is 96.2 Å². The smallest absolute Gasteiger partial charge is 0.315 e. The van der Waals surface area contributed by atoms with E-state index in [-0.39, 0.29) is 24.5 Å². The molecule has 7 heteroatoms. The Morgan fingerprint density at radius 2 is 1.92 bits per heavy atom. The molecule has 140 valence electrons. The number of aromatic nitrogens is 2. The fourth-order valence-corrected chi connectivity index (χ4v) is 2.86. The Balaban J connectivity index is 1.98. The van der Waals surface area contributed by atoms with E-state index in [0.29, 0.717) is 12.8 Å². The number of nitrogens with one attached hydrogen (secondary N) is 2. The van der Waals surface area contributed by atoms with Crippen LogP contribution in [0.2, 0.25) is 0 Å². The predicted octanol–water partition coefficient (Wildman–Crippen LogP) is 2.56. The van der Waals surface area contributed by atoms with Crippen molar-refractivity contribution in [2.24, 2.45) is 7.05 Å². The summed E-state index contributed by atoms with van der Waals surface area (Å²) in [7, 11) is 1.85. The van der Waals surface area contributed by atoms with Crippen molar-refractivity contribution in [1.82, 2.24) is 20.4 Å². The normalized spacial score (nSPS) is 13.0. The Hall–Kier alpha value is -2.83. The molecule has 0 radical (unpaired) electrons. The Bertz CT molecular complexity index is 742. The van der Waals surface area contributed by atoms with E-state index in [1.165, 1.54) is 0 Å². The Kier molecular flexibility index (Phi) is 6.77. The highest BCUT2D eigenvalue weighted by Crippen LogP contribution is 2.16. The quantitative estimate of drug-likeness (QED) is 0.676. The van der Waals surface area contributed by atoms with Gasteiger partial charge in [0, 0.05) is 30.8 Å². The van der Waals surface area contributed by atoms with Gasteiger partial charge in [-0.05, 0) is 32.3 Å². The van der Waals surface area contributed by atoms with Crippen molar-refractivity contribution in [3.05, 3.63) is 53.3 Å². The van der Waals surface area contributed by atoms with E-state index < -0.39 is 5.97 Å². The first-order valence-corrected chi connectivity index (χ1v) is 8.68. The van der Waals surface area contributed by atoms with Gasteiger partial charge in [-0.25, -0.2) is 4.79 Å². The number of aryl methyl sites for hydroxylation is 1. The number of carbonyl (C=O) groups excluding carboxylic acids is 1. The highest BCUT2D eigenvalue weighted by atomic mass is 16.4. The average molecular weight is 358 g/mol. The number of benzene rings is 1. The van der Waals surface area contributed by atoms with Crippen LogP contribution in [0.5, 0.6) is 0 Å². The number of nitrogens with zero attached hydrogens (tertiary/aromatic N) is 2. The van der Waals surface area contributed by atoms with Crippen LogP contribution >= 0.6 is 0 Å². The van der Waals surface area contributed by atoms with Gasteiger partial charge in [0.15, 0.2) is 0 Å². The summed E-state index contributed by atoms with van der Waals surface area (Å²) in [4.78, 5) is 23.3. The summed E-state index contributed by atoms with van der Waals surface area (Å²) in [5.41, 5.74) is 3.00. The molecule has 7 nitrogen and oxygen atoms in total. The van der Waals surface area contributed by atoms with Gasteiger partial charge < -0.3 is 15.7 Å². The molecule has 1 heterocycles. The molecule has 3 N–H and O–H groups in total. The van der Waals surface area contributed by atoms with E-state index >= 15 is 0 Å². The molecule has 0 spiro atoms. The number of urea groups is 1. The minimum Gasteiger partial charge on any atom is -0.481 e. The van der Waals surface area contributed by atoms with Crippen molar-refractivity contribution in [2.75, 3.05) is 0 Å². The van der Waals surface area contributed by atoms with Crippen LogP contribution in [-0.2, 0) is 18.3 Å². The molecule has 1 aromatic heterocycles. The molecular weight excluding hydrogens is 332 g/mol. The maximum absolute atomic E-state index is 12.4. The lowest BCUT2D eigenvalue weighted by Crippen LogP contribution is -2.44. The zero-order valence-corrected chi connectivity index (χ0v) is 15.4. The first-order valence-electron chi connectivity index (χ1n) is 8.68. The molecule has 2 rings (SSSR count). The Morgan fingerprint density at radius 1 is 1.23 bits per heavy atom. The van der Waals surface area contributed by atoms with Crippen LogP contribution < -0.4 is 10.6 Å². The molecule has 0 aliphatic rings. The van der Waals surface area contributed by atoms with Crippen LogP contribution in [0.1, 0.15) is 42.6 Å². The average Bonchev–Trinajstić information content (AvgIpc) is 2.93. The zero-order valence-electron chi connectivity index (χ0n) is 15.4. The third-order valence-electron chi connectivity index (χ3n) is 4.45. The number of carbonyl (C=O) groups is 2. The van der Waals surface area contributed by atoms with Crippen molar-refractivity contribution in [3.63, 3.8) is 0 Å². The lowest BCUT2D eigenvalue weighted by molar-refractivity contribution is -0.137. The van der Waals surface area contributed by atoms with Gasteiger partial charge in [0.25, 0.3) is 0 Å². The molecule has 0 fully saturated rings. The summed E-state index contributed by atoms with van der Waals surface area (Å²) in [6.07, 6.45) is 2.71. The highest BCUT2D eigenvalue weighted by molar-refractivity contribution is 5.75. The maximum Gasteiger partial charge on any atom is 0.315 e. The van der Waals surface area contributed by atoms with Gasteiger partial charge in [-0.3, -0.25) is 9.48 Å². The third kappa shape index (κ3) is 5.61. The van der Waals surface area contributed by atoms with Crippen molar-refractivity contribution < 1.29 is 14.7 Å². The summed E-state index contributed by atoms with van der Waals surface area (Å²) in [5.74, 6) is -0.871. The molecule has 26 heavy (non-hydrogen) atoms. The van der Waals surface area contributed by atoms with Gasteiger partial charge in [-0.1, -0.05) is 30.3 Å². The van der Waals surface area contributed by atoms with Crippen molar-refractivity contribution >= 4 is 12.0 Å². The summed E-state index contributed by atoms with van der Waals surface area (Å²) >= 11 is 0. The number of hydrogen-bond acceptors (Lipinski definition) is 3. The molecule has 0 bridgehead atoms. The van der Waals surface area contributed by atoms with E-state index in [4.69, 9.17) is 5.11 Å². The first kappa shape index (κ1) is 19.5. The number of carboxylic acids is 1. The molecule has 0 saturated heterocycles. The zero-order chi connectivity index (χ0) is 19.1. The second-order valence-electron chi connectivity index (χ2n) is 6.47. The second-order valence-corrected chi connectivity index (χ2v) is 6.47. The molecule has 2 aromatic rings. The van der Waals surface area contributed by atoms with Gasteiger partial charge in [-0.2, -0.15) is 5.10 Å². The number of aliphatic carboxylic acids is 1. The highest BCUT2D eigenvalue weighted by Gasteiger charge is 2.18. The first-order chi connectivity index (χ1) is 12.4. The fraction of sp³-hybridized carbons (Fsp3) is 0.421. The Labute approximate surface area is 153 Å². The van der Waals surface area contributed by atoms with E-state index in [0.717, 1.165) is 16.8 Å². The lowest BCUT2D eigenvalue weighted by atomic mass is 10.0. The molecule has 0 aliphatic carbocycles. The van der Waals surface area contributed by atoms with Crippen LogP contribution in [-0.4, -0.2) is 32.9 Å². The lowest BCUT2D eigenvalue weighted by Gasteiger charge is -2.21. The third-order valence-corrected chi connectivity index (χ3v) is 4.45. The van der Waals surface area contributed by atoms with Crippen LogP contribution in [0.25, 0.3) is 0 Å². The fourth-order valence-electron chi connectivity index (χ4n) is 2.86. The van der Waals surface area contributed by atoms with E-state index in [1.807, 2.05) is 51.2 Å². The standard InChI is InChI=1S/C19H26N4O3/c1-13(17-12-20-23(3)14(17)2)21-19(26)22-16(9-10-18(24)25)11-15-7-5-4-6-8-15/h4-8,12-13,16H,9-11H2,1-3H3,(H,24,25)(H2,21,22,26). The van der Waals surface area contributed by atoms with Gasteiger partial charge in [0.05, 0.1) is 12.2 Å². The summed E-state index contributed by atoms with van der Waals surface area (Å²) in [5, 5.41) is 19.0. The molecule has 2 unspecified atom stereocenters. The minimum atomic E-state index is -0.871. The van der Waals surface area contributed by atoms with Crippen LogP contribution in [0, 0.1) is 6.92 Å². The van der Waals surface area contributed by atoms with Gasteiger partial charge in [-0.15, -0.1) is 0 Å². The summed E-state index contributed by atoms with van der Waals surface area (Å²) < 4.78 is 1.76. The van der Waals surface area contributed by atoms with Crippen LogP contribution in [0.4, 0.5) is 4.79 Å². The van der Waals surface area contributed by atoms with E-state index in [2.05, 4.69) is 15.7 Å². The van der Waals surface area contributed by atoms with Gasteiger partial charge in [0.1, 0.15) is 0 Å². The second kappa shape index (κ2) is 9.03. The predicted molar refractivity (Wildman–Crippen MR) is 98.8 cm³/mol. The van der Waals surface area contributed by atoms with E-state index in [1.54, 1.807) is 10.9 Å². The summed E-state index contributed by atoms with van der Waals surface area (Å²) in [6.45, 7) is 3.84. The number of amides is 2. The Morgan fingerprint density at radius 3 is 2.50 bits per heavy atom. The number of rotatable bonds is 8. The van der Waals surface area contributed by atoms with Crippen LogP contribution in [0.15, 0.2) is 36.5 Å². The summed E-state index contributed by atoms with van der Waals surface area (Å²) in [6, 6.07) is 8.95. The molecule has 0 saturated carbocycles. The SMILES string of the molecule is Cc1c(C(C)NC(=O)NC(CCC(=O)O)Cc2ccccc2)cnn1C. The number of hydrogen-bond donors (Lipinski definition) is 3. The van der Waals surface area contributed by atoms with Crippen molar-refractivity contribution in [3.8, 4) is 0 Å². The van der Waals surface area contributed by atoms with Crippen LogP contribution in [0.3, 0.4) is 0 Å². The van der Waals surface area contributed by atoms with Crippen molar-refractivity contribution in [2.45, 2.75) is 45.2 Å². The van der Waals surface area contributed by atoms with Crippen molar-refractivity contribution in [1.29, 1.82) is 0 Å². The number of carboxylic acid groups (broad SMARTS) is 1.